The van der Waals surface area contributed by atoms with Crippen molar-refractivity contribution in [3.63, 3.8) is 0 Å². The average molecular weight is 578 g/mol. The van der Waals surface area contributed by atoms with E-state index in [-0.39, 0.29) is 17.2 Å². The highest BCUT2D eigenvalue weighted by molar-refractivity contribution is 6.03. The van der Waals surface area contributed by atoms with Gasteiger partial charge in [-0.1, -0.05) is 84.9 Å². The van der Waals surface area contributed by atoms with Gasteiger partial charge in [-0.05, 0) is 46.9 Å². The summed E-state index contributed by atoms with van der Waals surface area (Å²) in [6, 6.07) is 28.0. The molecule has 1 aliphatic heterocycles. The topological polar surface area (TPSA) is 125 Å². The smallest absolute Gasteiger partial charge is 0.322 e. The summed E-state index contributed by atoms with van der Waals surface area (Å²) >= 11 is 0. The number of anilines is 1. The van der Waals surface area contributed by atoms with Crippen LogP contribution in [-0.2, 0) is 22.6 Å². The first-order chi connectivity index (χ1) is 20.8. The van der Waals surface area contributed by atoms with E-state index in [2.05, 4.69) is 10.6 Å². The predicted octanol–water partition coefficient (Wildman–Crippen LogP) is 4.32. The lowest BCUT2D eigenvalue weighted by molar-refractivity contribution is -0.136. The second kappa shape index (κ2) is 13.2. The zero-order chi connectivity index (χ0) is 30.3. The molecule has 0 unspecified atom stereocenters. The number of nitrogens with one attached hydrogen (secondary N) is 2. The summed E-state index contributed by atoms with van der Waals surface area (Å²) in [6.07, 6.45) is 1.37. The van der Waals surface area contributed by atoms with E-state index in [1.807, 2.05) is 72.8 Å². The molecule has 0 bridgehead atoms. The van der Waals surface area contributed by atoms with E-state index < -0.39 is 29.9 Å². The van der Waals surface area contributed by atoms with Gasteiger partial charge in [-0.25, -0.2) is 4.79 Å². The molecule has 4 aromatic carbocycles. The molecule has 4 aromatic rings. The highest BCUT2D eigenvalue weighted by Gasteiger charge is 2.36. The molecule has 4 N–H and O–H groups in total. The van der Waals surface area contributed by atoms with E-state index in [1.54, 1.807) is 30.1 Å². The zero-order valence-electron chi connectivity index (χ0n) is 24.0. The summed E-state index contributed by atoms with van der Waals surface area (Å²) < 4.78 is 0. The molecule has 220 valence electrons. The molecule has 1 saturated heterocycles. The van der Waals surface area contributed by atoms with Gasteiger partial charge in [0, 0.05) is 26.6 Å². The number of nitrogens with zero attached hydrogens (tertiary/aromatic N) is 2. The number of likely N-dealkylation sites (N-methyl/N-ethyl adjacent to an activating group) is 1. The standard InChI is InChI=1S/C34H35N5O4/c1-38(22-23-10-3-2-4-11-23)33(42)29(21-24-17-18-25-12-5-6-13-26(25)20-24)36-32(41)30-16-9-19-39(30)34(43)37-28-15-8-7-14-27(28)31(35)40/h2-8,10-15,17-18,20,29-30H,9,16,19,21-22H2,1H3,(H2,35,40)(H,36,41)(H,37,43)/t29-,30-/m0/s1. The lowest BCUT2D eigenvalue weighted by Crippen LogP contribution is -2.54. The Morgan fingerprint density at radius 3 is 2.35 bits per heavy atom. The number of fused-ring (bicyclic) bond motifs is 1. The predicted molar refractivity (Wildman–Crippen MR) is 166 cm³/mol. The Kier molecular flexibility index (Phi) is 9.00. The molecule has 1 heterocycles. The minimum Gasteiger partial charge on any atom is -0.366 e. The lowest BCUT2D eigenvalue weighted by atomic mass is 10.00. The highest BCUT2D eigenvalue weighted by atomic mass is 16.2. The van der Waals surface area contributed by atoms with Crippen LogP contribution >= 0.6 is 0 Å². The summed E-state index contributed by atoms with van der Waals surface area (Å²) in [5, 5.41) is 7.84. The van der Waals surface area contributed by atoms with E-state index in [1.165, 1.54) is 11.0 Å². The van der Waals surface area contributed by atoms with Crippen LogP contribution in [0.4, 0.5) is 10.5 Å². The maximum Gasteiger partial charge on any atom is 0.322 e. The van der Waals surface area contributed by atoms with Gasteiger partial charge in [-0.15, -0.1) is 0 Å². The SMILES string of the molecule is CN(Cc1ccccc1)C(=O)[C@H](Cc1ccc2ccccc2c1)NC(=O)[C@@H]1CCCN1C(=O)Nc1ccccc1C(N)=O. The van der Waals surface area contributed by atoms with Gasteiger partial charge in [-0.3, -0.25) is 14.4 Å². The molecule has 43 heavy (non-hydrogen) atoms. The maximum absolute atomic E-state index is 13.8. The van der Waals surface area contributed by atoms with Gasteiger partial charge in [0.1, 0.15) is 12.1 Å². The largest absolute Gasteiger partial charge is 0.366 e. The van der Waals surface area contributed by atoms with Crippen LogP contribution in [-0.4, -0.2) is 59.2 Å². The first-order valence-corrected chi connectivity index (χ1v) is 14.3. The van der Waals surface area contributed by atoms with Gasteiger partial charge in [0.2, 0.25) is 11.8 Å². The van der Waals surface area contributed by atoms with Gasteiger partial charge >= 0.3 is 6.03 Å². The van der Waals surface area contributed by atoms with Gasteiger partial charge < -0.3 is 26.2 Å². The van der Waals surface area contributed by atoms with Crippen LogP contribution in [0, 0.1) is 0 Å². The number of rotatable bonds is 9. The van der Waals surface area contributed by atoms with E-state index in [0.717, 1.165) is 21.9 Å². The third-order valence-electron chi connectivity index (χ3n) is 7.76. The van der Waals surface area contributed by atoms with Crippen molar-refractivity contribution in [2.75, 3.05) is 18.9 Å². The first-order valence-electron chi connectivity index (χ1n) is 14.3. The van der Waals surface area contributed by atoms with Crippen LogP contribution in [0.5, 0.6) is 0 Å². The normalized spacial score (nSPS) is 15.1. The summed E-state index contributed by atoms with van der Waals surface area (Å²) in [4.78, 5) is 55.7. The monoisotopic (exact) mass is 577 g/mol. The molecule has 5 rings (SSSR count). The summed E-state index contributed by atoms with van der Waals surface area (Å²) in [6.45, 7) is 0.751. The number of hydrogen-bond acceptors (Lipinski definition) is 4. The number of para-hydroxylation sites is 1. The summed E-state index contributed by atoms with van der Waals surface area (Å²) in [5.74, 6) is -1.29. The van der Waals surface area contributed by atoms with Crippen LogP contribution < -0.4 is 16.4 Å². The van der Waals surface area contributed by atoms with E-state index in [9.17, 15) is 19.2 Å². The summed E-state index contributed by atoms with van der Waals surface area (Å²) in [7, 11) is 1.72. The molecule has 0 aliphatic carbocycles. The molecule has 5 amide bonds. The highest BCUT2D eigenvalue weighted by Crippen LogP contribution is 2.22. The minimum absolute atomic E-state index is 0.179. The van der Waals surface area contributed by atoms with Gasteiger partial charge in [0.15, 0.2) is 0 Å². The molecule has 0 saturated carbocycles. The number of benzene rings is 4. The van der Waals surface area contributed by atoms with Crippen molar-refractivity contribution in [2.45, 2.75) is 37.9 Å². The van der Waals surface area contributed by atoms with Crippen LogP contribution in [0.25, 0.3) is 10.8 Å². The van der Waals surface area contributed by atoms with E-state index in [0.29, 0.717) is 32.4 Å². The number of nitrogens with two attached hydrogens (primary N) is 1. The van der Waals surface area contributed by atoms with Gasteiger partial charge in [0.25, 0.3) is 5.91 Å². The Balaban J connectivity index is 1.35. The fourth-order valence-electron chi connectivity index (χ4n) is 5.55. The number of primary amides is 1. The van der Waals surface area contributed by atoms with Crippen molar-refractivity contribution in [3.8, 4) is 0 Å². The Morgan fingerprint density at radius 1 is 0.884 bits per heavy atom. The molecule has 0 spiro atoms. The molecular formula is C34H35N5O4. The molecule has 0 aromatic heterocycles. The van der Waals surface area contributed by atoms with E-state index in [4.69, 9.17) is 5.73 Å². The number of carbonyl (C=O) groups excluding carboxylic acids is 4. The Hall–Kier alpha value is -5.18. The minimum atomic E-state index is -0.844. The second-order valence-electron chi connectivity index (χ2n) is 10.8. The third-order valence-corrected chi connectivity index (χ3v) is 7.76. The average Bonchev–Trinajstić information content (AvgIpc) is 3.52. The fraction of sp³-hybridized carbons (Fsp3) is 0.235. The van der Waals surface area contributed by atoms with Crippen LogP contribution in [0.2, 0.25) is 0 Å². The van der Waals surface area contributed by atoms with Crippen LogP contribution in [0.15, 0.2) is 97.1 Å². The van der Waals surface area contributed by atoms with Crippen molar-refractivity contribution in [1.29, 1.82) is 0 Å². The number of amides is 5. The van der Waals surface area contributed by atoms with Crippen molar-refractivity contribution >= 4 is 40.2 Å². The summed E-state index contributed by atoms with van der Waals surface area (Å²) in [5.41, 5.74) is 7.81. The van der Waals surface area contributed by atoms with Crippen molar-refractivity contribution < 1.29 is 19.2 Å². The molecule has 0 radical (unpaired) electrons. The Morgan fingerprint density at radius 2 is 1.58 bits per heavy atom. The molecule has 9 nitrogen and oxygen atoms in total. The first kappa shape index (κ1) is 29.3. The molecule has 2 atom stereocenters. The van der Waals surface area contributed by atoms with Crippen LogP contribution in [0.3, 0.4) is 0 Å². The second-order valence-corrected chi connectivity index (χ2v) is 10.8. The van der Waals surface area contributed by atoms with E-state index >= 15 is 0 Å². The zero-order valence-corrected chi connectivity index (χ0v) is 24.0. The number of hydrogen-bond donors (Lipinski definition) is 3. The number of urea groups is 1. The Bertz CT molecular complexity index is 1640. The quantitative estimate of drug-likeness (QED) is 0.274. The molecule has 1 aliphatic rings. The lowest BCUT2D eigenvalue weighted by Gasteiger charge is -2.29. The van der Waals surface area contributed by atoms with Crippen molar-refractivity contribution in [1.82, 2.24) is 15.1 Å². The Labute approximate surface area is 250 Å². The molecule has 9 heteroatoms. The fourth-order valence-corrected chi connectivity index (χ4v) is 5.55. The van der Waals surface area contributed by atoms with Crippen molar-refractivity contribution in [3.05, 3.63) is 114 Å². The molecule has 1 fully saturated rings. The number of carbonyl (C=O) groups is 4. The van der Waals surface area contributed by atoms with Gasteiger partial charge in [-0.2, -0.15) is 0 Å². The maximum atomic E-state index is 13.8. The van der Waals surface area contributed by atoms with Crippen LogP contribution in [0.1, 0.15) is 34.3 Å². The molecular weight excluding hydrogens is 542 g/mol. The van der Waals surface area contributed by atoms with Crippen molar-refractivity contribution in [2.24, 2.45) is 5.73 Å². The third kappa shape index (κ3) is 7.01. The number of likely N-dealkylation sites (tertiary alicyclic amines) is 1. The van der Waals surface area contributed by atoms with Gasteiger partial charge in [0.05, 0.1) is 11.3 Å².